The van der Waals surface area contributed by atoms with Crippen LogP contribution in [-0.2, 0) is 14.8 Å². The van der Waals surface area contributed by atoms with Crippen LogP contribution in [0.1, 0.15) is 12.5 Å². The van der Waals surface area contributed by atoms with E-state index in [1.54, 1.807) is 49.4 Å². The molecule has 0 spiro atoms. The van der Waals surface area contributed by atoms with Crippen molar-refractivity contribution in [2.24, 2.45) is 5.84 Å². The number of para-hydroxylation sites is 1. The highest BCUT2D eigenvalue weighted by atomic mass is 32.2. The first kappa shape index (κ1) is 18.8. The number of hydrogen-bond donors (Lipinski definition) is 2. The summed E-state index contributed by atoms with van der Waals surface area (Å²) in [5, 5.41) is 0. The van der Waals surface area contributed by atoms with E-state index < -0.39 is 22.5 Å². The Balaban J connectivity index is 2.55. The summed E-state index contributed by atoms with van der Waals surface area (Å²) < 4.78 is 32.8. The van der Waals surface area contributed by atoms with Crippen LogP contribution in [0.5, 0.6) is 5.75 Å². The lowest BCUT2D eigenvalue weighted by Gasteiger charge is -2.24. The first-order chi connectivity index (χ1) is 11.9. The molecule has 0 aromatic heterocycles. The maximum absolute atomic E-state index is 13.2. The minimum absolute atomic E-state index is 0.0118. The standard InChI is InChI=1S/C17H21N3O4S/c1-3-24-15-6-4-5-7-16(15)25(22,23)20(12-17(21)19-18)14-10-8-13(2)9-11-14/h4-11H,3,12,18H2,1-2H3,(H,19,21). The van der Waals surface area contributed by atoms with E-state index in [2.05, 4.69) is 0 Å². The van der Waals surface area contributed by atoms with Gasteiger partial charge in [0.2, 0.25) is 0 Å². The van der Waals surface area contributed by atoms with Crippen LogP contribution in [0.3, 0.4) is 0 Å². The topological polar surface area (TPSA) is 102 Å². The number of carbonyl (C=O) groups is 1. The van der Waals surface area contributed by atoms with E-state index in [1.165, 1.54) is 6.07 Å². The van der Waals surface area contributed by atoms with Crippen LogP contribution >= 0.6 is 0 Å². The number of rotatable bonds is 7. The lowest BCUT2D eigenvalue weighted by molar-refractivity contribution is -0.119. The molecule has 7 nitrogen and oxygen atoms in total. The normalized spacial score (nSPS) is 11.0. The van der Waals surface area contributed by atoms with Gasteiger partial charge in [-0.1, -0.05) is 29.8 Å². The molecule has 2 rings (SSSR count). The Labute approximate surface area is 147 Å². The summed E-state index contributed by atoms with van der Waals surface area (Å²) in [4.78, 5) is 11.8. The van der Waals surface area contributed by atoms with Gasteiger partial charge in [-0.3, -0.25) is 14.5 Å². The molecule has 0 unspecified atom stereocenters. The molecule has 0 aliphatic carbocycles. The smallest absolute Gasteiger partial charge is 0.268 e. The first-order valence-corrected chi connectivity index (χ1v) is 9.14. The van der Waals surface area contributed by atoms with Crippen molar-refractivity contribution in [1.82, 2.24) is 5.43 Å². The number of nitrogens with one attached hydrogen (secondary N) is 1. The molecule has 0 bridgehead atoms. The van der Waals surface area contributed by atoms with Crippen LogP contribution in [0.25, 0.3) is 0 Å². The van der Waals surface area contributed by atoms with Crippen LogP contribution in [0.2, 0.25) is 0 Å². The third-order valence-corrected chi connectivity index (χ3v) is 5.30. The van der Waals surface area contributed by atoms with Gasteiger partial charge in [0.05, 0.1) is 12.3 Å². The second kappa shape index (κ2) is 8.00. The average molecular weight is 363 g/mol. The molecular weight excluding hydrogens is 342 g/mol. The summed E-state index contributed by atoms with van der Waals surface area (Å²) in [5.74, 6) is 4.74. The lowest BCUT2D eigenvalue weighted by Crippen LogP contribution is -2.43. The lowest BCUT2D eigenvalue weighted by atomic mass is 10.2. The number of amides is 1. The molecule has 0 aliphatic rings. The Bertz CT molecular complexity index is 835. The highest BCUT2D eigenvalue weighted by Crippen LogP contribution is 2.30. The molecule has 2 aromatic carbocycles. The molecule has 0 fully saturated rings. The van der Waals surface area contributed by atoms with Gasteiger partial charge >= 0.3 is 0 Å². The SMILES string of the molecule is CCOc1ccccc1S(=O)(=O)N(CC(=O)NN)c1ccc(C)cc1. The number of hydrazine groups is 1. The maximum Gasteiger partial charge on any atom is 0.268 e. The quantitative estimate of drug-likeness (QED) is 0.442. The number of sulfonamides is 1. The van der Waals surface area contributed by atoms with Gasteiger partial charge in [0, 0.05) is 0 Å². The Morgan fingerprint density at radius 3 is 2.40 bits per heavy atom. The monoisotopic (exact) mass is 363 g/mol. The summed E-state index contributed by atoms with van der Waals surface area (Å²) >= 11 is 0. The van der Waals surface area contributed by atoms with Gasteiger partial charge in [-0.15, -0.1) is 0 Å². The number of aryl methyl sites for hydroxylation is 1. The summed E-state index contributed by atoms with van der Waals surface area (Å²) in [7, 11) is -4.03. The second-order valence-corrected chi connectivity index (χ2v) is 7.13. The molecule has 1 amide bonds. The molecule has 0 atom stereocenters. The highest BCUT2D eigenvalue weighted by Gasteiger charge is 2.29. The zero-order valence-corrected chi connectivity index (χ0v) is 14.9. The number of benzene rings is 2. The maximum atomic E-state index is 13.2. The van der Waals surface area contributed by atoms with Crippen LogP contribution in [0.15, 0.2) is 53.4 Å². The largest absolute Gasteiger partial charge is 0.492 e. The third-order valence-electron chi connectivity index (χ3n) is 3.49. The van der Waals surface area contributed by atoms with Gasteiger partial charge in [0.15, 0.2) is 0 Å². The van der Waals surface area contributed by atoms with Crippen molar-refractivity contribution in [3.8, 4) is 5.75 Å². The molecule has 3 N–H and O–H groups in total. The van der Waals surface area contributed by atoms with Crippen LogP contribution in [0.4, 0.5) is 5.69 Å². The minimum atomic E-state index is -4.03. The number of ether oxygens (including phenoxy) is 1. The van der Waals surface area contributed by atoms with Gasteiger partial charge in [-0.05, 0) is 38.1 Å². The minimum Gasteiger partial charge on any atom is -0.492 e. The van der Waals surface area contributed by atoms with E-state index >= 15 is 0 Å². The van der Waals surface area contributed by atoms with Crippen molar-refractivity contribution < 1.29 is 17.9 Å². The molecule has 0 saturated heterocycles. The molecule has 0 heterocycles. The van der Waals surface area contributed by atoms with E-state index in [9.17, 15) is 13.2 Å². The Morgan fingerprint density at radius 1 is 1.16 bits per heavy atom. The molecule has 8 heteroatoms. The van der Waals surface area contributed by atoms with Crippen molar-refractivity contribution in [3.63, 3.8) is 0 Å². The van der Waals surface area contributed by atoms with Crippen molar-refractivity contribution in [2.75, 3.05) is 17.5 Å². The van der Waals surface area contributed by atoms with Crippen molar-refractivity contribution in [1.29, 1.82) is 0 Å². The van der Waals surface area contributed by atoms with E-state index in [4.69, 9.17) is 10.6 Å². The number of anilines is 1. The fraction of sp³-hybridized carbons (Fsp3) is 0.235. The molecule has 25 heavy (non-hydrogen) atoms. The third kappa shape index (κ3) is 4.28. The van der Waals surface area contributed by atoms with Crippen molar-refractivity contribution in [2.45, 2.75) is 18.7 Å². The second-order valence-electron chi connectivity index (χ2n) is 5.29. The van der Waals surface area contributed by atoms with Gasteiger partial charge in [-0.25, -0.2) is 14.3 Å². The molecule has 0 radical (unpaired) electrons. The van der Waals surface area contributed by atoms with Gasteiger partial charge < -0.3 is 4.74 Å². The van der Waals surface area contributed by atoms with E-state index in [-0.39, 0.29) is 10.6 Å². The molecule has 0 saturated carbocycles. The Morgan fingerprint density at radius 2 is 1.80 bits per heavy atom. The molecule has 0 aliphatic heterocycles. The zero-order valence-electron chi connectivity index (χ0n) is 14.1. The summed E-state index contributed by atoms with van der Waals surface area (Å²) in [5.41, 5.74) is 3.30. The van der Waals surface area contributed by atoms with Crippen molar-refractivity contribution >= 4 is 21.6 Å². The fourth-order valence-electron chi connectivity index (χ4n) is 2.26. The van der Waals surface area contributed by atoms with Crippen LogP contribution in [-0.4, -0.2) is 27.5 Å². The Hall–Kier alpha value is -2.58. The van der Waals surface area contributed by atoms with E-state index in [1.807, 2.05) is 12.3 Å². The van der Waals surface area contributed by atoms with Crippen molar-refractivity contribution in [3.05, 3.63) is 54.1 Å². The van der Waals surface area contributed by atoms with E-state index in [0.717, 1.165) is 9.87 Å². The Kier molecular flexibility index (Phi) is 6.00. The summed E-state index contributed by atoms with van der Waals surface area (Å²) in [6.07, 6.45) is 0. The zero-order chi connectivity index (χ0) is 18.4. The molecule has 2 aromatic rings. The predicted octanol–water partition coefficient (Wildman–Crippen LogP) is 1.58. The average Bonchev–Trinajstić information content (AvgIpc) is 2.61. The number of carbonyl (C=O) groups excluding carboxylic acids is 1. The number of nitrogens with two attached hydrogens (primary N) is 1. The number of nitrogens with zero attached hydrogens (tertiary/aromatic N) is 1. The van der Waals surface area contributed by atoms with Crippen LogP contribution < -0.4 is 20.3 Å². The molecular formula is C17H21N3O4S. The van der Waals surface area contributed by atoms with Gasteiger partial charge in [0.25, 0.3) is 15.9 Å². The van der Waals surface area contributed by atoms with Gasteiger partial charge in [-0.2, -0.15) is 0 Å². The molecule has 134 valence electrons. The first-order valence-electron chi connectivity index (χ1n) is 7.70. The van der Waals surface area contributed by atoms with Gasteiger partial charge in [0.1, 0.15) is 17.2 Å². The number of hydrogen-bond acceptors (Lipinski definition) is 5. The fourth-order valence-corrected chi connectivity index (χ4v) is 3.81. The van der Waals surface area contributed by atoms with E-state index in [0.29, 0.717) is 12.3 Å². The summed E-state index contributed by atoms with van der Waals surface area (Å²) in [6, 6.07) is 13.1. The van der Waals surface area contributed by atoms with Crippen LogP contribution in [0, 0.1) is 6.92 Å². The highest BCUT2D eigenvalue weighted by molar-refractivity contribution is 7.93. The predicted molar refractivity (Wildman–Crippen MR) is 95.7 cm³/mol. The summed E-state index contributed by atoms with van der Waals surface area (Å²) in [6.45, 7) is 3.53.